The summed E-state index contributed by atoms with van der Waals surface area (Å²) in [5, 5.41) is 19.4. The minimum Gasteiger partial charge on any atom is -0.481 e. The molecule has 5 heteroatoms. The number of carboxylic acids is 1. The zero-order chi connectivity index (χ0) is 18.8. The molecule has 1 aliphatic rings. The van der Waals surface area contributed by atoms with E-state index in [1.165, 1.54) is 0 Å². The van der Waals surface area contributed by atoms with Gasteiger partial charge in [-0.1, -0.05) is 30.3 Å². The molecule has 27 heavy (non-hydrogen) atoms. The number of hydrogen-bond donors (Lipinski definition) is 2. The third kappa shape index (κ3) is 3.64. The molecule has 138 valence electrons. The molecular weight excluding hydrogens is 340 g/mol. The molecule has 2 N–H and O–H groups in total. The minimum absolute atomic E-state index is 0.0500. The number of fused-ring (bicyclic) bond motifs is 1. The van der Waals surface area contributed by atoms with Gasteiger partial charge in [-0.15, -0.1) is 0 Å². The molecule has 1 saturated heterocycles. The maximum Gasteiger partial charge on any atom is 0.306 e. The van der Waals surface area contributed by atoms with Crippen molar-refractivity contribution in [2.24, 2.45) is 5.92 Å². The Labute approximate surface area is 157 Å². The van der Waals surface area contributed by atoms with Crippen LogP contribution in [-0.2, 0) is 11.4 Å². The summed E-state index contributed by atoms with van der Waals surface area (Å²) < 4.78 is 0. The van der Waals surface area contributed by atoms with Crippen LogP contribution in [0.15, 0.2) is 54.6 Å². The summed E-state index contributed by atoms with van der Waals surface area (Å²) in [7, 11) is 0. The van der Waals surface area contributed by atoms with Gasteiger partial charge in [-0.05, 0) is 53.8 Å². The second-order valence-electron chi connectivity index (χ2n) is 7.03. The minimum atomic E-state index is -0.694. The molecule has 1 fully saturated rings. The summed E-state index contributed by atoms with van der Waals surface area (Å²) >= 11 is 0. The van der Waals surface area contributed by atoms with Gasteiger partial charge in [0, 0.05) is 18.5 Å². The molecule has 0 unspecified atom stereocenters. The molecule has 0 saturated carbocycles. The summed E-state index contributed by atoms with van der Waals surface area (Å²) in [4.78, 5) is 18.1. The van der Waals surface area contributed by atoms with Gasteiger partial charge in [-0.2, -0.15) is 0 Å². The summed E-state index contributed by atoms with van der Waals surface area (Å²) in [5.74, 6) is -0.0199. The Morgan fingerprint density at radius 1 is 1.00 bits per heavy atom. The number of aliphatic hydroxyl groups excluding tert-OH is 1. The van der Waals surface area contributed by atoms with Crippen LogP contribution in [0.5, 0.6) is 0 Å². The van der Waals surface area contributed by atoms with Crippen LogP contribution >= 0.6 is 0 Å². The van der Waals surface area contributed by atoms with Crippen LogP contribution in [0.25, 0.3) is 22.0 Å². The number of aliphatic carboxylic acids is 1. The summed E-state index contributed by atoms with van der Waals surface area (Å²) in [6.45, 7) is 1.50. The smallest absolute Gasteiger partial charge is 0.306 e. The lowest BCUT2D eigenvalue weighted by Crippen LogP contribution is -2.36. The van der Waals surface area contributed by atoms with E-state index in [4.69, 9.17) is 10.1 Å². The van der Waals surface area contributed by atoms with Crippen LogP contribution in [0.1, 0.15) is 18.4 Å². The quantitative estimate of drug-likeness (QED) is 0.740. The number of hydrogen-bond acceptors (Lipinski definition) is 4. The van der Waals surface area contributed by atoms with E-state index in [1.54, 1.807) is 0 Å². The number of anilines is 1. The summed E-state index contributed by atoms with van der Waals surface area (Å²) in [5.41, 5.74) is 4.05. The first-order valence-corrected chi connectivity index (χ1v) is 9.23. The van der Waals surface area contributed by atoms with Gasteiger partial charge in [0.2, 0.25) is 0 Å². The number of carboxylic acid groups (broad SMARTS) is 1. The summed E-state index contributed by atoms with van der Waals surface area (Å²) in [6, 6.07) is 18.2. The fourth-order valence-electron chi connectivity index (χ4n) is 3.63. The molecule has 0 amide bonds. The molecule has 0 aliphatic carbocycles. The van der Waals surface area contributed by atoms with E-state index in [2.05, 4.69) is 23.1 Å². The van der Waals surface area contributed by atoms with Gasteiger partial charge >= 0.3 is 5.97 Å². The Kier molecular flexibility index (Phi) is 4.77. The van der Waals surface area contributed by atoms with Crippen molar-refractivity contribution in [1.29, 1.82) is 0 Å². The Bertz CT molecular complexity index is 961. The largest absolute Gasteiger partial charge is 0.481 e. The van der Waals surface area contributed by atoms with E-state index in [1.807, 2.05) is 36.4 Å². The van der Waals surface area contributed by atoms with Gasteiger partial charge in [-0.3, -0.25) is 4.79 Å². The van der Waals surface area contributed by atoms with Crippen LogP contribution in [0.4, 0.5) is 5.82 Å². The molecule has 2 aromatic carbocycles. The number of nitrogens with zero attached hydrogens (tertiary/aromatic N) is 2. The van der Waals surface area contributed by atoms with Crippen molar-refractivity contribution in [3.05, 3.63) is 60.2 Å². The normalized spacial score (nSPS) is 15.2. The highest BCUT2D eigenvalue weighted by atomic mass is 16.4. The van der Waals surface area contributed by atoms with Crippen LogP contribution in [0, 0.1) is 5.92 Å². The topological polar surface area (TPSA) is 73.7 Å². The Balaban J connectivity index is 1.56. The molecule has 2 heterocycles. The van der Waals surface area contributed by atoms with E-state index >= 15 is 0 Å². The van der Waals surface area contributed by atoms with Gasteiger partial charge in [0.05, 0.1) is 18.0 Å². The van der Waals surface area contributed by atoms with Crippen LogP contribution in [0.3, 0.4) is 0 Å². The first-order chi connectivity index (χ1) is 13.1. The molecule has 1 aromatic heterocycles. The van der Waals surface area contributed by atoms with E-state index < -0.39 is 5.97 Å². The second kappa shape index (κ2) is 7.37. The average Bonchev–Trinajstić information content (AvgIpc) is 2.73. The maximum atomic E-state index is 11.1. The molecular formula is C22H22N2O3. The van der Waals surface area contributed by atoms with E-state index in [9.17, 15) is 9.90 Å². The lowest BCUT2D eigenvalue weighted by molar-refractivity contribution is -0.142. The molecule has 1 aliphatic heterocycles. The highest BCUT2D eigenvalue weighted by Gasteiger charge is 2.25. The highest BCUT2D eigenvalue weighted by Crippen LogP contribution is 2.27. The first-order valence-electron chi connectivity index (χ1n) is 9.23. The molecule has 4 rings (SSSR count). The molecule has 0 spiro atoms. The standard InChI is InChI=1S/C22H22N2O3/c25-14-15-1-3-16(4-2-15)18-5-7-20-19(13-18)6-8-21(23-20)24-11-9-17(10-12-24)22(26)27/h1-8,13,17,25H,9-12,14H2,(H,26,27). The maximum absolute atomic E-state index is 11.1. The summed E-state index contributed by atoms with van der Waals surface area (Å²) in [6.07, 6.45) is 1.33. The van der Waals surface area contributed by atoms with E-state index in [0.29, 0.717) is 12.8 Å². The Hall–Kier alpha value is -2.92. The van der Waals surface area contributed by atoms with Crippen molar-refractivity contribution in [2.75, 3.05) is 18.0 Å². The van der Waals surface area contributed by atoms with E-state index in [0.717, 1.165) is 46.5 Å². The van der Waals surface area contributed by atoms with Crippen molar-refractivity contribution in [2.45, 2.75) is 19.4 Å². The first kappa shape index (κ1) is 17.5. The lowest BCUT2D eigenvalue weighted by Gasteiger charge is -2.31. The van der Waals surface area contributed by atoms with Gasteiger partial charge in [0.1, 0.15) is 5.82 Å². The predicted molar refractivity (Wildman–Crippen MR) is 106 cm³/mol. The van der Waals surface area contributed by atoms with Crippen molar-refractivity contribution in [3.8, 4) is 11.1 Å². The number of rotatable bonds is 4. The second-order valence-corrected chi connectivity index (χ2v) is 7.03. The van der Waals surface area contributed by atoms with Gasteiger partial charge in [-0.25, -0.2) is 4.98 Å². The predicted octanol–water partition coefficient (Wildman–Crippen LogP) is 3.70. The van der Waals surface area contributed by atoms with Gasteiger partial charge < -0.3 is 15.1 Å². The molecule has 5 nitrogen and oxygen atoms in total. The zero-order valence-corrected chi connectivity index (χ0v) is 15.0. The van der Waals surface area contributed by atoms with E-state index in [-0.39, 0.29) is 12.5 Å². The Morgan fingerprint density at radius 2 is 1.70 bits per heavy atom. The van der Waals surface area contributed by atoms with Crippen molar-refractivity contribution in [1.82, 2.24) is 4.98 Å². The zero-order valence-electron chi connectivity index (χ0n) is 15.0. The number of benzene rings is 2. The lowest BCUT2D eigenvalue weighted by atomic mass is 9.97. The monoisotopic (exact) mass is 362 g/mol. The fraction of sp³-hybridized carbons (Fsp3) is 0.273. The molecule has 0 radical (unpaired) electrons. The van der Waals surface area contributed by atoms with Crippen LogP contribution in [-0.4, -0.2) is 34.3 Å². The highest BCUT2D eigenvalue weighted by molar-refractivity contribution is 5.85. The van der Waals surface area contributed by atoms with Crippen LogP contribution < -0.4 is 4.90 Å². The van der Waals surface area contributed by atoms with Gasteiger partial charge in [0.15, 0.2) is 0 Å². The molecule has 0 atom stereocenters. The fourth-order valence-corrected chi connectivity index (χ4v) is 3.63. The SMILES string of the molecule is O=C(O)C1CCN(c2ccc3cc(-c4ccc(CO)cc4)ccc3n2)CC1. The van der Waals surface area contributed by atoms with Crippen molar-refractivity contribution < 1.29 is 15.0 Å². The third-order valence-corrected chi connectivity index (χ3v) is 5.31. The number of piperidine rings is 1. The van der Waals surface area contributed by atoms with Gasteiger partial charge in [0.25, 0.3) is 0 Å². The molecule has 3 aromatic rings. The third-order valence-electron chi connectivity index (χ3n) is 5.31. The average molecular weight is 362 g/mol. The Morgan fingerprint density at radius 3 is 2.37 bits per heavy atom. The number of aromatic nitrogens is 1. The van der Waals surface area contributed by atoms with Crippen LogP contribution in [0.2, 0.25) is 0 Å². The number of carbonyl (C=O) groups is 1. The molecule has 0 bridgehead atoms. The number of pyridine rings is 1. The van der Waals surface area contributed by atoms with Crippen molar-refractivity contribution in [3.63, 3.8) is 0 Å². The number of aliphatic hydroxyl groups is 1. The van der Waals surface area contributed by atoms with Crippen molar-refractivity contribution >= 4 is 22.7 Å².